The molecule has 4 rings (SSSR count). The maximum atomic E-state index is 13.8. The topological polar surface area (TPSA) is 40.6 Å². The van der Waals surface area contributed by atoms with Gasteiger partial charge in [-0.05, 0) is 49.1 Å². The van der Waals surface area contributed by atoms with Crippen molar-refractivity contribution >= 4 is 11.8 Å². The standard InChI is InChI=1S/C26H32N2O2/c1-21(29)27-18-14-26(15-19-27,24-10-6-3-7-11-24)25(30)28-16-12-23(13-17-28)20-22-8-4-2-5-9-22/h2-11,23H,12-20H2,1H3. The van der Waals surface area contributed by atoms with Crippen LogP contribution >= 0.6 is 0 Å². The maximum absolute atomic E-state index is 13.8. The van der Waals surface area contributed by atoms with Gasteiger partial charge in [-0.25, -0.2) is 0 Å². The maximum Gasteiger partial charge on any atom is 0.233 e. The van der Waals surface area contributed by atoms with Gasteiger partial charge < -0.3 is 9.80 Å². The van der Waals surface area contributed by atoms with Crippen LogP contribution in [0, 0.1) is 5.92 Å². The van der Waals surface area contributed by atoms with Gasteiger partial charge in [0, 0.05) is 33.1 Å². The van der Waals surface area contributed by atoms with Gasteiger partial charge in [0.05, 0.1) is 5.41 Å². The summed E-state index contributed by atoms with van der Waals surface area (Å²) in [5.41, 5.74) is 1.99. The third-order valence-electron chi connectivity index (χ3n) is 7.07. The minimum absolute atomic E-state index is 0.103. The molecule has 2 heterocycles. The number of amides is 2. The molecule has 2 aromatic rings. The van der Waals surface area contributed by atoms with E-state index in [4.69, 9.17) is 0 Å². The van der Waals surface area contributed by atoms with Crippen molar-refractivity contribution in [2.45, 2.75) is 44.4 Å². The zero-order chi connectivity index (χ0) is 21.0. The number of rotatable bonds is 4. The van der Waals surface area contributed by atoms with Crippen molar-refractivity contribution in [3.05, 3.63) is 71.8 Å². The van der Waals surface area contributed by atoms with Gasteiger partial charge in [-0.3, -0.25) is 9.59 Å². The van der Waals surface area contributed by atoms with Crippen LogP contribution in [0.25, 0.3) is 0 Å². The summed E-state index contributed by atoms with van der Waals surface area (Å²) in [4.78, 5) is 29.6. The van der Waals surface area contributed by atoms with Crippen LogP contribution in [-0.2, 0) is 21.4 Å². The van der Waals surface area contributed by atoms with Crippen LogP contribution in [0.3, 0.4) is 0 Å². The monoisotopic (exact) mass is 404 g/mol. The summed E-state index contributed by atoms with van der Waals surface area (Å²) in [6, 6.07) is 20.9. The summed E-state index contributed by atoms with van der Waals surface area (Å²) < 4.78 is 0. The first-order valence-electron chi connectivity index (χ1n) is 11.2. The highest BCUT2D eigenvalue weighted by Crippen LogP contribution is 2.38. The molecule has 4 heteroatoms. The second-order valence-corrected chi connectivity index (χ2v) is 8.88. The fraction of sp³-hybridized carbons (Fsp3) is 0.462. The Morgan fingerprint density at radius 3 is 1.97 bits per heavy atom. The Hall–Kier alpha value is -2.62. The first-order valence-corrected chi connectivity index (χ1v) is 11.2. The van der Waals surface area contributed by atoms with Crippen LogP contribution in [0.4, 0.5) is 0 Å². The lowest BCUT2D eigenvalue weighted by atomic mass is 9.71. The number of benzene rings is 2. The molecule has 0 spiro atoms. The Balaban J connectivity index is 1.46. The SMILES string of the molecule is CC(=O)N1CCC(C(=O)N2CCC(Cc3ccccc3)CC2)(c2ccccc2)CC1. The minimum Gasteiger partial charge on any atom is -0.343 e. The Labute approximate surface area is 179 Å². The van der Waals surface area contributed by atoms with Crippen LogP contribution in [-0.4, -0.2) is 47.8 Å². The number of likely N-dealkylation sites (tertiary alicyclic amines) is 2. The lowest BCUT2D eigenvalue weighted by Gasteiger charge is -2.45. The summed E-state index contributed by atoms with van der Waals surface area (Å²) in [5.74, 6) is 1.00. The minimum atomic E-state index is -0.501. The van der Waals surface area contributed by atoms with Gasteiger partial charge in [0.15, 0.2) is 0 Å². The number of hydrogen-bond donors (Lipinski definition) is 0. The van der Waals surface area contributed by atoms with Gasteiger partial charge in [-0.15, -0.1) is 0 Å². The van der Waals surface area contributed by atoms with E-state index in [9.17, 15) is 9.59 Å². The molecule has 2 fully saturated rings. The molecule has 4 nitrogen and oxygen atoms in total. The normalized spacial score (nSPS) is 19.5. The van der Waals surface area contributed by atoms with Crippen molar-refractivity contribution in [3.8, 4) is 0 Å². The number of piperidine rings is 2. The van der Waals surface area contributed by atoms with E-state index in [1.54, 1.807) is 6.92 Å². The van der Waals surface area contributed by atoms with E-state index in [-0.39, 0.29) is 11.8 Å². The van der Waals surface area contributed by atoms with Crippen LogP contribution in [0.15, 0.2) is 60.7 Å². The molecule has 2 aliphatic heterocycles. The Bertz CT molecular complexity index is 849. The van der Waals surface area contributed by atoms with Gasteiger partial charge >= 0.3 is 0 Å². The van der Waals surface area contributed by atoms with Crippen molar-refractivity contribution in [1.29, 1.82) is 0 Å². The lowest BCUT2D eigenvalue weighted by Crippen LogP contribution is -2.55. The van der Waals surface area contributed by atoms with Crippen molar-refractivity contribution in [3.63, 3.8) is 0 Å². The summed E-state index contributed by atoms with van der Waals surface area (Å²) in [6.07, 6.45) is 4.63. The van der Waals surface area contributed by atoms with Gasteiger partial charge in [0.2, 0.25) is 11.8 Å². The van der Waals surface area contributed by atoms with E-state index < -0.39 is 5.41 Å². The molecular weight excluding hydrogens is 372 g/mol. The molecule has 2 saturated heterocycles. The first kappa shape index (κ1) is 20.6. The average molecular weight is 405 g/mol. The van der Waals surface area contributed by atoms with Crippen molar-refractivity contribution in [2.24, 2.45) is 5.92 Å². The number of hydrogen-bond acceptors (Lipinski definition) is 2. The van der Waals surface area contributed by atoms with E-state index in [1.807, 2.05) is 23.1 Å². The highest BCUT2D eigenvalue weighted by atomic mass is 16.2. The Morgan fingerprint density at radius 2 is 1.40 bits per heavy atom. The quantitative estimate of drug-likeness (QED) is 0.771. The molecule has 2 aromatic carbocycles. The van der Waals surface area contributed by atoms with Crippen LogP contribution in [0.5, 0.6) is 0 Å². The molecule has 0 N–H and O–H groups in total. The number of carbonyl (C=O) groups is 2. The molecule has 0 aromatic heterocycles. The van der Waals surface area contributed by atoms with Gasteiger partial charge in [-0.1, -0.05) is 60.7 Å². The molecule has 0 aliphatic carbocycles. The fourth-order valence-electron chi connectivity index (χ4n) is 5.18. The van der Waals surface area contributed by atoms with E-state index in [2.05, 4.69) is 47.4 Å². The summed E-state index contributed by atoms with van der Waals surface area (Å²) in [5, 5.41) is 0. The zero-order valence-corrected chi connectivity index (χ0v) is 17.9. The molecule has 2 amide bonds. The van der Waals surface area contributed by atoms with E-state index in [0.717, 1.165) is 37.9 Å². The first-order chi connectivity index (χ1) is 14.6. The molecule has 0 atom stereocenters. The highest BCUT2D eigenvalue weighted by molar-refractivity contribution is 5.89. The largest absolute Gasteiger partial charge is 0.343 e. The highest BCUT2D eigenvalue weighted by Gasteiger charge is 2.45. The summed E-state index contributed by atoms with van der Waals surface area (Å²) in [7, 11) is 0. The predicted molar refractivity (Wildman–Crippen MR) is 119 cm³/mol. The van der Waals surface area contributed by atoms with Crippen LogP contribution in [0.2, 0.25) is 0 Å². The van der Waals surface area contributed by atoms with Gasteiger partial charge in [-0.2, -0.15) is 0 Å². The third-order valence-corrected chi connectivity index (χ3v) is 7.07. The lowest BCUT2D eigenvalue weighted by molar-refractivity contribution is -0.143. The molecule has 0 unspecified atom stereocenters. The zero-order valence-electron chi connectivity index (χ0n) is 17.9. The van der Waals surface area contributed by atoms with Crippen LogP contribution in [0.1, 0.15) is 43.7 Å². The summed E-state index contributed by atoms with van der Waals surface area (Å²) >= 11 is 0. The molecule has 158 valence electrons. The smallest absolute Gasteiger partial charge is 0.233 e. The third kappa shape index (κ3) is 4.28. The van der Waals surface area contributed by atoms with E-state index in [1.165, 1.54) is 5.56 Å². The molecule has 0 bridgehead atoms. The van der Waals surface area contributed by atoms with E-state index >= 15 is 0 Å². The number of carbonyl (C=O) groups excluding carboxylic acids is 2. The van der Waals surface area contributed by atoms with E-state index in [0.29, 0.717) is 31.8 Å². The average Bonchev–Trinajstić information content (AvgIpc) is 2.80. The molecule has 2 aliphatic rings. The second kappa shape index (κ2) is 9.03. The van der Waals surface area contributed by atoms with Crippen molar-refractivity contribution in [2.75, 3.05) is 26.2 Å². The van der Waals surface area contributed by atoms with Gasteiger partial charge in [0.1, 0.15) is 0 Å². The van der Waals surface area contributed by atoms with Crippen LogP contribution < -0.4 is 0 Å². The Kier molecular flexibility index (Phi) is 6.21. The number of nitrogens with zero attached hydrogens (tertiary/aromatic N) is 2. The summed E-state index contributed by atoms with van der Waals surface area (Å²) in [6.45, 7) is 4.60. The predicted octanol–water partition coefficient (Wildman–Crippen LogP) is 4.05. The van der Waals surface area contributed by atoms with Crippen molar-refractivity contribution < 1.29 is 9.59 Å². The molecule has 0 saturated carbocycles. The molecule has 30 heavy (non-hydrogen) atoms. The fourth-order valence-corrected chi connectivity index (χ4v) is 5.18. The Morgan fingerprint density at radius 1 is 0.833 bits per heavy atom. The van der Waals surface area contributed by atoms with Gasteiger partial charge in [0.25, 0.3) is 0 Å². The molecule has 0 radical (unpaired) electrons. The van der Waals surface area contributed by atoms with Crippen molar-refractivity contribution in [1.82, 2.24) is 9.80 Å². The second-order valence-electron chi connectivity index (χ2n) is 8.88. The molecular formula is C26H32N2O2.